The molecule has 3 aromatic carbocycles. The fraction of sp³-hybridized carbons (Fsp3) is 0.422. The Morgan fingerprint density at radius 1 is 0.650 bits per heavy atom. The summed E-state index contributed by atoms with van der Waals surface area (Å²) < 4.78 is 34.3. The van der Waals surface area contributed by atoms with Gasteiger partial charge in [0.05, 0.1) is 33.0 Å². The molecule has 2 N–H and O–H groups in total. The van der Waals surface area contributed by atoms with E-state index in [2.05, 4.69) is 29.0 Å². The van der Waals surface area contributed by atoms with Crippen LogP contribution in [0.1, 0.15) is 61.8 Å². The summed E-state index contributed by atoms with van der Waals surface area (Å²) in [5.74, 6) is 5.29. The van der Waals surface area contributed by atoms with E-state index in [9.17, 15) is 19.2 Å². The Morgan fingerprint density at radius 3 is 1.62 bits per heavy atom. The van der Waals surface area contributed by atoms with E-state index in [1.807, 2.05) is 90.3 Å². The van der Waals surface area contributed by atoms with Crippen molar-refractivity contribution in [1.82, 2.24) is 19.1 Å². The van der Waals surface area contributed by atoms with Crippen molar-refractivity contribution < 1.29 is 23.7 Å². The number of nitrogens with one attached hydrogen (secondary N) is 2. The molecule has 2 aliphatic rings. The van der Waals surface area contributed by atoms with E-state index < -0.39 is 40.6 Å². The number of aromatic nitrogens is 4. The second-order valence-corrected chi connectivity index (χ2v) is 17.4. The Kier molecular flexibility index (Phi) is 14.6. The maximum atomic E-state index is 13.0. The van der Waals surface area contributed by atoms with Gasteiger partial charge in [-0.2, -0.15) is 23.5 Å². The average molecular weight is 857 g/mol. The van der Waals surface area contributed by atoms with Gasteiger partial charge in [-0.25, -0.2) is 9.59 Å². The molecule has 5 aromatic rings. The van der Waals surface area contributed by atoms with E-state index in [1.165, 1.54) is 33.7 Å². The van der Waals surface area contributed by atoms with Crippen LogP contribution >= 0.6 is 23.5 Å². The summed E-state index contributed by atoms with van der Waals surface area (Å²) >= 11 is 3.68. The Labute approximate surface area is 356 Å². The van der Waals surface area contributed by atoms with Gasteiger partial charge in [0, 0.05) is 24.5 Å². The monoisotopic (exact) mass is 856 g/mol. The van der Waals surface area contributed by atoms with Crippen LogP contribution in [-0.2, 0) is 19.8 Å². The molecule has 2 saturated heterocycles. The van der Waals surface area contributed by atoms with Gasteiger partial charge in [0.15, 0.2) is 0 Å². The molecule has 15 heteroatoms. The molecule has 2 fully saturated rings. The first-order chi connectivity index (χ1) is 29.2. The largest absolute Gasteiger partial charge is 0.497 e. The number of ether oxygens (including phenoxy) is 5. The first kappa shape index (κ1) is 43.3. The topological polar surface area (TPSA) is 156 Å². The van der Waals surface area contributed by atoms with Crippen molar-refractivity contribution in [3.63, 3.8) is 0 Å². The summed E-state index contributed by atoms with van der Waals surface area (Å²) in [6.07, 6.45) is 4.33. The molecule has 0 saturated carbocycles. The van der Waals surface area contributed by atoms with Crippen molar-refractivity contribution in [3.8, 4) is 11.5 Å². The van der Waals surface area contributed by atoms with Crippen LogP contribution in [0.25, 0.3) is 0 Å². The normalized spacial score (nSPS) is 21.6. The quantitative estimate of drug-likeness (QED) is 0.0722. The van der Waals surface area contributed by atoms with Crippen LogP contribution < -0.4 is 32.0 Å². The number of methoxy groups -OCH3 is 2. The Hall–Kier alpha value is -4.80. The fourth-order valence-electron chi connectivity index (χ4n) is 8.29. The zero-order chi connectivity index (χ0) is 42.1. The van der Waals surface area contributed by atoms with Gasteiger partial charge < -0.3 is 23.7 Å². The number of rotatable bonds is 19. The van der Waals surface area contributed by atoms with Crippen LogP contribution in [-0.4, -0.2) is 75.1 Å². The Balaban J connectivity index is 1.10. The number of benzene rings is 3. The fourth-order valence-corrected chi connectivity index (χ4v) is 10.4. The highest BCUT2D eigenvalue weighted by Gasteiger charge is 2.41. The lowest BCUT2D eigenvalue weighted by Crippen LogP contribution is -2.34. The van der Waals surface area contributed by atoms with Gasteiger partial charge in [0.2, 0.25) is 0 Å². The average Bonchev–Trinajstić information content (AvgIpc) is 3.87. The molecule has 7 rings (SSSR count). The van der Waals surface area contributed by atoms with Gasteiger partial charge in [-0.3, -0.25) is 28.7 Å². The summed E-state index contributed by atoms with van der Waals surface area (Å²) in [6.45, 7) is 2.46. The molecule has 4 heterocycles. The summed E-state index contributed by atoms with van der Waals surface area (Å²) in [6, 6.07) is 28.7. The van der Waals surface area contributed by atoms with E-state index >= 15 is 0 Å². The summed E-state index contributed by atoms with van der Waals surface area (Å²) in [4.78, 5) is 53.9. The first-order valence-electron chi connectivity index (χ1n) is 20.3. The highest BCUT2D eigenvalue weighted by atomic mass is 32.2. The summed E-state index contributed by atoms with van der Waals surface area (Å²) in [5, 5.41) is 0. The molecular formula is C45H52N4O9S2. The Bertz CT molecular complexity index is 2340. The highest BCUT2D eigenvalue weighted by molar-refractivity contribution is 7.99. The summed E-state index contributed by atoms with van der Waals surface area (Å²) in [5.41, 5.74) is -0.0616. The van der Waals surface area contributed by atoms with Crippen LogP contribution in [0.5, 0.6) is 11.5 Å². The number of aromatic amines is 2. The van der Waals surface area contributed by atoms with Gasteiger partial charge in [-0.05, 0) is 101 Å². The third-order valence-corrected chi connectivity index (χ3v) is 13.6. The van der Waals surface area contributed by atoms with Crippen LogP contribution in [0.15, 0.2) is 123 Å². The van der Waals surface area contributed by atoms with E-state index in [0.29, 0.717) is 25.9 Å². The van der Waals surface area contributed by atoms with Crippen molar-refractivity contribution in [3.05, 3.63) is 162 Å². The minimum atomic E-state index is -0.996. The number of hydrogen-bond donors (Lipinski definition) is 2. The molecule has 0 radical (unpaired) electrons. The van der Waals surface area contributed by atoms with Gasteiger partial charge >= 0.3 is 11.4 Å². The number of H-pyrrole nitrogens is 2. The smallest absolute Gasteiger partial charge is 0.330 e. The number of hydrogen-bond acceptors (Lipinski definition) is 11. The van der Waals surface area contributed by atoms with Crippen LogP contribution in [0.2, 0.25) is 0 Å². The predicted molar refractivity (Wildman–Crippen MR) is 235 cm³/mol. The molecule has 60 heavy (non-hydrogen) atoms. The van der Waals surface area contributed by atoms with Gasteiger partial charge in [0.25, 0.3) is 11.1 Å². The third kappa shape index (κ3) is 9.87. The van der Waals surface area contributed by atoms with Crippen LogP contribution in [0.3, 0.4) is 0 Å². The lowest BCUT2D eigenvalue weighted by molar-refractivity contribution is -0.0438. The molecule has 0 unspecified atom stereocenters. The van der Waals surface area contributed by atoms with Crippen LogP contribution in [0.4, 0.5) is 0 Å². The predicted octanol–water partition coefficient (Wildman–Crippen LogP) is 6.19. The lowest BCUT2D eigenvalue weighted by Gasteiger charge is -2.36. The van der Waals surface area contributed by atoms with E-state index in [4.69, 9.17) is 23.7 Å². The second-order valence-electron chi connectivity index (χ2n) is 14.9. The Morgan fingerprint density at radius 2 is 1.13 bits per heavy atom. The molecule has 2 aliphatic heterocycles. The number of nitrogens with zero attached hydrogens (tertiary/aromatic N) is 2. The molecule has 0 aliphatic carbocycles. The second kappa shape index (κ2) is 20.2. The van der Waals surface area contributed by atoms with Gasteiger partial charge in [0.1, 0.15) is 29.6 Å². The van der Waals surface area contributed by atoms with Crippen molar-refractivity contribution >= 4 is 23.5 Å². The molecule has 6 atom stereocenters. The molecule has 2 aromatic heterocycles. The SMILES string of the molecule is CCSC[C@H]1C[C@H](n2ccc(=O)[nH]c2=O)O[C@@H]1CCSC[C@H]1C[C@H](n2ccc(=O)[nH]c2=O)O[C@@H]1CCOC(c1ccccc1)(c1ccc(OC)cc1)c1ccc(OC)cc1. The zero-order valence-electron chi connectivity index (χ0n) is 34.0. The maximum Gasteiger partial charge on any atom is 0.330 e. The van der Waals surface area contributed by atoms with Crippen molar-refractivity contribution in [2.24, 2.45) is 11.8 Å². The van der Waals surface area contributed by atoms with Crippen molar-refractivity contribution in [2.75, 3.05) is 43.8 Å². The van der Waals surface area contributed by atoms with E-state index in [0.717, 1.165) is 57.6 Å². The molecule has 13 nitrogen and oxygen atoms in total. The molecule has 0 spiro atoms. The summed E-state index contributed by atoms with van der Waals surface area (Å²) in [7, 11) is 3.29. The van der Waals surface area contributed by atoms with E-state index in [1.54, 1.807) is 14.2 Å². The van der Waals surface area contributed by atoms with Crippen molar-refractivity contribution in [1.29, 1.82) is 0 Å². The van der Waals surface area contributed by atoms with E-state index in [-0.39, 0.29) is 24.0 Å². The van der Waals surface area contributed by atoms with Crippen LogP contribution in [0, 0.1) is 11.8 Å². The van der Waals surface area contributed by atoms with Gasteiger partial charge in [-0.1, -0.05) is 61.5 Å². The maximum absolute atomic E-state index is 13.0. The first-order valence-corrected chi connectivity index (χ1v) is 22.6. The molecule has 0 amide bonds. The third-order valence-electron chi connectivity index (χ3n) is 11.4. The standard InChI is InChI=1S/C45H52N4O9S2/c1-4-59-28-30-26-42(49-23-19-40(51)47-44(49)53)58-38(30)21-25-60-29-31-27-41(48-22-18-39(50)46-43(48)52)57-37(31)20-24-56-45(32-8-6-5-7-9-32,33-10-14-35(54-2)15-11-33)34-12-16-36(55-3)17-13-34/h5-19,22-23,30-31,37-38,41-42H,4,20-21,24-29H2,1-3H3,(H,46,50,52)(H,47,51,53)/t30-,31-,37-,38-,41-,42-/m1/s1. The van der Waals surface area contributed by atoms with Crippen molar-refractivity contribution in [2.45, 2.75) is 62.9 Å². The van der Waals surface area contributed by atoms with Gasteiger partial charge in [-0.15, -0.1) is 0 Å². The molecule has 0 bridgehead atoms. The molecular weight excluding hydrogens is 805 g/mol. The zero-order valence-corrected chi connectivity index (χ0v) is 35.7. The minimum absolute atomic E-state index is 0.0427. The molecule has 318 valence electrons. The minimum Gasteiger partial charge on any atom is -0.497 e. The number of thioether (sulfide) groups is 2. The highest BCUT2D eigenvalue weighted by Crippen LogP contribution is 2.43. The lowest BCUT2D eigenvalue weighted by atomic mass is 9.80.